The number of benzene rings is 1. The molecular formula is C21H35N3O4S. The van der Waals surface area contributed by atoms with Gasteiger partial charge >= 0.3 is 0 Å². The van der Waals surface area contributed by atoms with Gasteiger partial charge in [0.2, 0.25) is 15.9 Å². The van der Waals surface area contributed by atoms with Gasteiger partial charge in [-0.1, -0.05) is 12.1 Å². The van der Waals surface area contributed by atoms with Crippen molar-refractivity contribution in [2.45, 2.75) is 51.5 Å². The molecule has 1 aliphatic rings. The number of amides is 1. The molecule has 1 N–H and O–H groups in total. The molecule has 7 nitrogen and oxygen atoms in total. The van der Waals surface area contributed by atoms with E-state index in [1.807, 2.05) is 32.9 Å². The Kier molecular flexibility index (Phi) is 9.07. The van der Waals surface area contributed by atoms with Crippen LogP contribution in [-0.2, 0) is 19.6 Å². The Bertz CT molecular complexity index is 774. The van der Waals surface area contributed by atoms with Crippen molar-refractivity contribution in [1.29, 1.82) is 0 Å². The van der Waals surface area contributed by atoms with Gasteiger partial charge in [-0.2, -0.15) is 4.31 Å². The molecule has 164 valence electrons. The molecule has 1 amide bonds. The molecule has 0 bridgehead atoms. The number of aryl methyl sites for hydroxylation is 2. The monoisotopic (exact) mass is 425 g/mol. The van der Waals surface area contributed by atoms with Crippen molar-refractivity contribution >= 4 is 15.9 Å². The molecule has 0 aromatic heterocycles. The summed E-state index contributed by atoms with van der Waals surface area (Å²) in [4.78, 5) is 14.7. The second-order valence-corrected chi connectivity index (χ2v) is 9.73. The number of hydrogen-bond donors (Lipinski definition) is 1. The maximum Gasteiger partial charge on any atom is 0.243 e. The van der Waals surface area contributed by atoms with Crippen molar-refractivity contribution in [3.05, 3.63) is 29.3 Å². The normalized spacial score (nSPS) is 15.3. The van der Waals surface area contributed by atoms with Gasteiger partial charge in [-0.3, -0.25) is 4.79 Å². The van der Waals surface area contributed by atoms with Crippen LogP contribution in [-0.4, -0.2) is 75.5 Å². The zero-order chi connectivity index (χ0) is 21.4. The summed E-state index contributed by atoms with van der Waals surface area (Å²) in [6.07, 6.45) is 0.882. The van der Waals surface area contributed by atoms with Gasteiger partial charge in [0.25, 0.3) is 0 Å². The molecule has 29 heavy (non-hydrogen) atoms. The van der Waals surface area contributed by atoms with E-state index in [4.69, 9.17) is 4.74 Å². The average Bonchev–Trinajstić information content (AvgIpc) is 2.69. The van der Waals surface area contributed by atoms with E-state index < -0.39 is 10.0 Å². The van der Waals surface area contributed by atoms with Crippen molar-refractivity contribution in [3.63, 3.8) is 0 Å². The molecule has 0 aliphatic carbocycles. The third-order valence-electron chi connectivity index (χ3n) is 5.01. The summed E-state index contributed by atoms with van der Waals surface area (Å²) in [5.41, 5.74) is 1.61. The first kappa shape index (κ1) is 23.8. The molecule has 1 heterocycles. The Morgan fingerprint density at radius 1 is 1.21 bits per heavy atom. The van der Waals surface area contributed by atoms with Gasteiger partial charge < -0.3 is 15.0 Å². The van der Waals surface area contributed by atoms with Gasteiger partial charge in [0.15, 0.2) is 0 Å². The van der Waals surface area contributed by atoms with Gasteiger partial charge in [0.05, 0.1) is 11.0 Å². The number of nitrogens with one attached hydrogen (secondary N) is 1. The Morgan fingerprint density at radius 2 is 1.90 bits per heavy atom. The highest BCUT2D eigenvalue weighted by molar-refractivity contribution is 7.89. The van der Waals surface area contributed by atoms with Crippen molar-refractivity contribution in [2.24, 2.45) is 0 Å². The van der Waals surface area contributed by atoms with E-state index in [2.05, 4.69) is 5.32 Å². The number of ether oxygens (including phenoxy) is 1. The van der Waals surface area contributed by atoms with E-state index in [9.17, 15) is 13.2 Å². The Balaban J connectivity index is 2.12. The van der Waals surface area contributed by atoms with Crippen LogP contribution in [0.2, 0.25) is 0 Å². The number of rotatable bonds is 10. The van der Waals surface area contributed by atoms with E-state index in [0.29, 0.717) is 43.1 Å². The predicted molar refractivity (Wildman–Crippen MR) is 114 cm³/mol. The van der Waals surface area contributed by atoms with Crippen LogP contribution in [0.3, 0.4) is 0 Å². The number of nitrogens with zero attached hydrogens (tertiary/aromatic N) is 2. The minimum atomic E-state index is -3.69. The molecule has 1 fully saturated rings. The number of hydrogen-bond acceptors (Lipinski definition) is 5. The summed E-state index contributed by atoms with van der Waals surface area (Å²) in [5.74, 6) is 0.00564. The third-order valence-corrected chi connectivity index (χ3v) is 7.05. The maximum atomic E-state index is 13.4. The third kappa shape index (κ3) is 7.06. The zero-order valence-electron chi connectivity index (χ0n) is 18.1. The fourth-order valence-corrected chi connectivity index (χ4v) is 5.12. The summed E-state index contributed by atoms with van der Waals surface area (Å²) < 4.78 is 33.8. The standard InChI is InChI=1S/C21H35N3O4S/c1-17(2)28-15-5-11-24(12-8-21(25)23-13-9-22-10-14-23)29(26,27)20-16-18(3)6-7-19(20)4/h6-7,16-17,22H,5,8-15H2,1-4H3. The van der Waals surface area contributed by atoms with Crippen LogP contribution in [0, 0.1) is 13.8 Å². The minimum absolute atomic E-state index is 0.00564. The van der Waals surface area contributed by atoms with Crippen LogP contribution in [0.15, 0.2) is 23.1 Å². The molecule has 8 heteroatoms. The Morgan fingerprint density at radius 3 is 2.55 bits per heavy atom. The molecule has 0 saturated carbocycles. The molecule has 2 rings (SSSR count). The highest BCUT2D eigenvalue weighted by Crippen LogP contribution is 2.22. The highest BCUT2D eigenvalue weighted by atomic mass is 32.2. The van der Waals surface area contributed by atoms with Gasteiger partial charge in [0.1, 0.15) is 0 Å². The van der Waals surface area contributed by atoms with Crippen LogP contribution in [0.1, 0.15) is 37.8 Å². The minimum Gasteiger partial charge on any atom is -0.379 e. The van der Waals surface area contributed by atoms with E-state index in [0.717, 1.165) is 18.7 Å². The van der Waals surface area contributed by atoms with Gasteiger partial charge in [0, 0.05) is 52.3 Å². The fraction of sp³-hybridized carbons (Fsp3) is 0.667. The second-order valence-electron chi connectivity index (χ2n) is 7.83. The van der Waals surface area contributed by atoms with Gasteiger partial charge in [-0.15, -0.1) is 0 Å². The Labute approximate surface area is 175 Å². The fourth-order valence-electron chi connectivity index (χ4n) is 3.33. The summed E-state index contributed by atoms with van der Waals surface area (Å²) in [5, 5.41) is 3.22. The molecule has 1 aliphatic heterocycles. The summed E-state index contributed by atoms with van der Waals surface area (Å²) in [6.45, 7) is 11.5. The first-order chi connectivity index (χ1) is 13.7. The summed E-state index contributed by atoms with van der Waals surface area (Å²) in [6, 6.07) is 5.44. The van der Waals surface area contributed by atoms with Crippen LogP contribution >= 0.6 is 0 Å². The topological polar surface area (TPSA) is 79.0 Å². The molecular weight excluding hydrogens is 390 g/mol. The quantitative estimate of drug-likeness (QED) is 0.580. The smallest absolute Gasteiger partial charge is 0.243 e. The zero-order valence-corrected chi connectivity index (χ0v) is 18.9. The average molecular weight is 426 g/mol. The highest BCUT2D eigenvalue weighted by Gasteiger charge is 2.27. The predicted octanol–water partition coefficient (Wildman–Crippen LogP) is 1.93. The lowest BCUT2D eigenvalue weighted by molar-refractivity contribution is -0.131. The van der Waals surface area contributed by atoms with Crippen LogP contribution in [0.4, 0.5) is 0 Å². The van der Waals surface area contributed by atoms with Crippen LogP contribution in [0.25, 0.3) is 0 Å². The number of piperazine rings is 1. The van der Waals surface area contributed by atoms with Crippen molar-refractivity contribution < 1.29 is 17.9 Å². The summed E-state index contributed by atoms with van der Waals surface area (Å²) >= 11 is 0. The molecule has 0 radical (unpaired) electrons. The molecule has 1 aromatic rings. The summed E-state index contributed by atoms with van der Waals surface area (Å²) in [7, 11) is -3.69. The number of carbonyl (C=O) groups is 1. The van der Waals surface area contributed by atoms with Crippen molar-refractivity contribution in [2.75, 3.05) is 45.9 Å². The SMILES string of the molecule is Cc1ccc(C)c(S(=O)(=O)N(CCCOC(C)C)CCC(=O)N2CCNCC2)c1. The van der Waals surface area contributed by atoms with E-state index >= 15 is 0 Å². The first-order valence-electron chi connectivity index (χ1n) is 10.4. The molecule has 0 atom stereocenters. The van der Waals surface area contributed by atoms with Crippen LogP contribution in [0.5, 0.6) is 0 Å². The number of sulfonamides is 1. The lowest BCUT2D eigenvalue weighted by atomic mass is 10.2. The van der Waals surface area contributed by atoms with Crippen molar-refractivity contribution in [1.82, 2.24) is 14.5 Å². The van der Waals surface area contributed by atoms with E-state index in [1.54, 1.807) is 17.9 Å². The van der Waals surface area contributed by atoms with Gasteiger partial charge in [-0.05, 0) is 51.3 Å². The van der Waals surface area contributed by atoms with Crippen molar-refractivity contribution in [3.8, 4) is 0 Å². The molecule has 0 spiro atoms. The van der Waals surface area contributed by atoms with E-state index in [-0.39, 0.29) is 25.0 Å². The first-order valence-corrected chi connectivity index (χ1v) is 11.8. The number of carbonyl (C=O) groups excluding carboxylic acids is 1. The van der Waals surface area contributed by atoms with E-state index in [1.165, 1.54) is 4.31 Å². The lowest BCUT2D eigenvalue weighted by Gasteiger charge is -2.29. The maximum absolute atomic E-state index is 13.4. The Hall–Kier alpha value is -1.48. The molecule has 1 aromatic carbocycles. The lowest BCUT2D eigenvalue weighted by Crippen LogP contribution is -2.47. The largest absolute Gasteiger partial charge is 0.379 e. The molecule has 0 unspecified atom stereocenters. The van der Waals surface area contributed by atoms with Gasteiger partial charge in [-0.25, -0.2) is 8.42 Å². The second kappa shape index (κ2) is 11.1. The molecule has 1 saturated heterocycles. The van der Waals surface area contributed by atoms with Crippen LogP contribution < -0.4 is 5.32 Å².